The number of carbonyl (C=O) groups excluding carboxylic acids is 1. The molecule has 124 valence electrons. The van der Waals surface area contributed by atoms with Crippen molar-refractivity contribution in [1.82, 2.24) is 0 Å². The second kappa shape index (κ2) is 16.7. The third kappa shape index (κ3) is 19.9. The number of carbonyl (C=O) groups is 1. The molecule has 0 rings (SSSR count). The molecule has 0 aliphatic heterocycles. The minimum atomic E-state index is -2.74. The molecule has 0 N–H and O–H groups in total. The van der Waals surface area contributed by atoms with Gasteiger partial charge in [0.05, 0.1) is 5.25 Å². The van der Waals surface area contributed by atoms with Gasteiger partial charge >= 0.3 is 0 Å². The van der Waals surface area contributed by atoms with Crippen molar-refractivity contribution in [3.63, 3.8) is 0 Å². The van der Waals surface area contributed by atoms with Crippen LogP contribution in [0.3, 0.4) is 0 Å². The number of hydrogen-bond donors (Lipinski definition) is 0. The summed E-state index contributed by atoms with van der Waals surface area (Å²) in [6.07, 6.45) is 6.03. The van der Waals surface area contributed by atoms with Crippen LogP contribution in [0.1, 0.15) is 87.0 Å². The molecule has 0 aliphatic rings. The van der Waals surface area contributed by atoms with Crippen LogP contribution in [-0.2, 0) is 14.6 Å². The first-order valence-electron chi connectivity index (χ1n) is 7.96. The van der Waals surface area contributed by atoms with Crippen molar-refractivity contribution in [3.8, 4) is 0 Å². The third-order valence-electron chi connectivity index (χ3n) is 2.46. The highest BCUT2D eigenvalue weighted by molar-refractivity contribution is 7.91. The molecule has 0 amide bonds. The molecule has 0 spiro atoms. The number of Topliss-reactive ketones (excluding diaryl/α,β-unsaturated/α-hetero) is 1. The lowest BCUT2D eigenvalue weighted by Gasteiger charge is -2.01. The lowest BCUT2D eigenvalue weighted by molar-refractivity contribution is -0.119. The van der Waals surface area contributed by atoms with E-state index in [1.165, 1.54) is 6.42 Å². The Morgan fingerprint density at radius 1 is 0.900 bits per heavy atom. The van der Waals surface area contributed by atoms with Gasteiger partial charge in [0.1, 0.15) is 5.78 Å². The number of unbranched alkanes of at least 4 members (excludes halogenated alkanes) is 1. The molecule has 20 heavy (non-hydrogen) atoms. The smallest absolute Gasteiger partial charge is 0.152 e. The molecule has 0 unspecified atom stereocenters. The van der Waals surface area contributed by atoms with Gasteiger partial charge in [-0.15, -0.1) is 0 Å². The Morgan fingerprint density at radius 3 is 1.55 bits per heavy atom. The van der Waals surface area contributed by atoms with E-state index in [0.717, 1.165) is 32.1 Å². The van der Waals surface area contributed by atoms with Crippen LogP contribution < -0.4 is 0 Å². The fraction of sp³-hybridized carbons (Fsp3) is 0.938. The van der Waals surface area contributed by atoms with E-state index in [1.54, 1.807) is 20.8 Å². The number of sulfone groups is 1. The second-order valence-corrected chi connectivity index (χ2v) is 7.95. The van der Waals surface area contributed by atoms with Crippen molar-refractivity contribution in [2.75, 3.05) is 5.75 Å². The van der Waals surface area contributed by atoms with Crippen molar-refractivity contribution < 1.29 is 13.2 Å². The highest BCUT2D eigenvalue weighted by Crippen LogP contribution is 1.99. The molecule has 0 aliphatic carbocycles. The molecule has 0 heterocycles. The summed E-state index contributed by atoms with van der Waals surface area (Å²) in [4.78, 5) is 10.8. The Morgan fingerprint density at radius 2 is 1.35 bits per heavy atom. The maximum Gasteiger partial charge on any atom is 0.152 e. The van der Waals surface area contributed by atoms with Crippen molar-refractivity contribution in [3.05, 3.63) is 0 Å². The normalized spacial score (nSPS) is 10.2. The second-order valence-electron chi connectivity index (χ2n) is 5.10. The summed E-state index contributed by atoms with van der Waals surface area (Å²) in [6, 6.07) is 0. The zero-order valence-corrected chi connectivity index (χ0v) is 15.5. The van der Waals surface area contributed by atoms with E-state index in [1.807, 2.05) is 6.92 Å². The lowest BCUT2D eigenvalue weighted by Crippen LogP contribution is -2.15. The minimum Gasteiger partial charge on any atom is -0.300 e. The highest BCUT2D eigenvalue weighted by atomic mass is 32.2. The zero-order valence-electron chi connectivity index (χ0n) is 14.7. The highest BCUT2D eigenvalue weighted by Gasteiger charge is 2.11. The molecule has 0 radical (unpaired) electrons. The first kappa shape index (κ1) is 24.6. The van der Waals surface area contributed by atoms with Crippen LogP contribution in [0.25, 0.3) is 0 Å². The van der Waals surface area contributed by atoms with Gasteiger partial charge in [-0.3, -0.25) is 4.79 Å². The molecule has 0 aromatic heterocycles. The van der Waals surface area contributed by atoms with Crippen molar-refractivity contribution in [1.29, 1.82) is 0 Å². The predicted octanol–water partition coefficient (Wildman–Crippen LogP) is 4.79. The molecule has 0 bridgehead atoms. The zero-order chi connectivity index (χ0) is 16.6. The van der Waals surface area contributed by atoms with Crippen LogP contribution in [0.5, 0.6) is 0 Å². The number of ketones is 1. The summed E-state index contributed by atoms with van der Waals surface area (Å²) in [7, 11) is -2.74. The molecule has 0 fully saturated rings. The van der Waals surface area contributed by atoms with Gasteiger partial charge in [0, 0.05) is 18.6 Å². The van der Waals surface area contributed by atoms with Crippen LogP contribution in [-0.4, -0.2) is 25.2 Å². The molecule has 0 atom stereocenters. The summed E-state index contributed by atoms with van der Waals surface area (Å²) < 4.78 is 21.4. The van der Waals surface area contributed by atoms with Crippen LogP contribution in [0.2, 0.25) is 0 Å². The van der Waals surface area contributed by atoms with Crippen LogP contribution in [0.4, 0.5) is 0 Å². The summed E-state index contributed by atoms with van der Waals surface area (Å²) in [5.41, 5.74) is 0. The van der Waals surface area contributed by atoms with Gasteiger partial charge in [-0.25, -0.2) is 8.42 Å². The van der Waals surface area contributed by atoms with Gasteiger partial charge < -0.3 is 0 Å². The molecular formula is C16H36O3S. The van der Waals surface area contributed by atoms with E-state index >= 15 is 0 Å². The fourth-order valence-electron chi connectivity index (χ4n) is 1.11. The van der Waals surface area contributed by atoms with Crippen molar-refractivity contribution in [2.45, 2.75) is 92.2 Å². The molecule has 3 nitrogen and oxygen atoms in total. The van der Waals surface area contributed by atoms with Gasteiger partial charge in [0.15, 0.2) is 9.84 Å². The molecular weight excluding hydrogens is 272 g/mol. The van der Waals surface area contributed by atoms with Crippen LogP contribution >= 0.6 is 0 Å². The first-order chi connectivity index (χ1) is 9.23. The number of hydrogen-bond acceptors (Lipinski definition) is 3. The minimum absolute atomic E-state index is 0.215. The topological polar surface area (TPSA) is 51.2 Å². The Bertz CT molecular complexity index is 293. The van der Waals surface area contributed by atoms with Crippen LogP contribution in [0.15, 0.2) is 0 Å². The van der Waals surface area contributed by atoms with E-state index in [-0.39, 0.29) is 11.0 Å². The van der Waals surface area contributed by atoms with Crippen molar-refractivity contribution >= 4 is 15.6 Å². The van der Waals surface area contributed by atoms with Gasteiger partial charge in [-0.1, -0.05) is 47.5 Å². The largest absolute Gasteiger partial charge is 0.300 e. The monoisotopic (exact) mass is 308 g/mol. The summed E-state index contributed by atoms with van der Waals surface area (Å²) in [6.45, 7) is 13.5. The van der Waals surface area contributed by atoms with Gasteiger partial charge in [-0.2, -0.15) is 0 Å². The van der Waals surface area contributed by atoms with E-state index in [2.05, 4.69) is 20.8 Å². The summed E-state index contributed by atoms with van der Waals surface area (Å²) >= 11 is 0. The molecule has 0 aromatic carbocycles. The quantitative estimate of drug-likeness (QED) is 0.679. The summed E-state index contributed by atoms with van der Waals surface area (Å²) in [5, 5.41) is -0.215. The van der Waals surface area contributed by atoms with Gasteiger partial charge in [0.2, 0.25) is 0 Å². The van der Waals surface area contributed by atoms with E-state index < -0.39 is 9.84 Å². The third-order valence-corrected chi connectivity index (χ3v) is 4.70. The van der Waals surface area contributed by atoms with Gasteiger partial charge in [0.25, 0.3) is 0 Å². The first-order valence-corrected chi connectivity index (χ1v) is 9.67. The Balaban J connectivity index is -0.000000243. The Labute approximate surface area is 127 Å². The Hall–Kier alpha value is -0.380. The van der Waals surface area contributed by atoms with E-state index in [0.29, 0.717) is 5.78 Å². The standard InChI is InChI=1S/C8H16O.C5H12O2S.C3H8/c1-3-5-7-8(9)6-4-2;1-4-8(6,7)5(2)3;1-3-2/h3-7H2,1-2H3;5H,4H2,1-3H3;3H2,1-2H3. The maximum atomic E-state index is 10.8. The van der Waals surface area contributed by atoms with Crippen molar-refractivity contribution in [2.24, 2.45) is 0 Å². The number of rotatable bonds is 7. The van der Waals surface area contributed by atoms with E-state index in [4.69, 9.17) is 0 Å². The van der Waals surface area contributed by atoms with Gasteiger partial charge in [-0.05, 0) is 26.7 Å². The molecule has 0 saturated heterocycles. The average molecular weight is 309 g/mol. The maximum absolute atomic E-state index is 10.8. The van der Waals surface area contributed by atoms with E-state index in [9.17, 15) is 13.2 Å². The Kier molecular flexibility index (Phi) is 20.5. The molecule has 0 saturated carbocycles. The average Bonchev–Trinajstić information content (AvgIpc) is 2.38. The molecule has 4 heteroatoms. The summed E-state index contributed by atoms with van der Waals surface area (Å²) in [5.74, 6) is 0.685. The lowest BCUT2D eigenvalue weighted by atomic mass is 10.1. The predicted molar refractivity (Wildman–Crippen MR) is 90.0 cm³/mol. The SMILES string of the molecule is CCC.CCCCC(=O)CCC.CCS(=O)(=O)C(C)C. The molecule has 0 aromatic rings. The van der Waals surface area contributed by atoms with Crippen LogP contribution in [0, 0.1) is 0 Å². The fourth-order valence-corrected chi connectivity index (χ4v) is 1.78.